The van der Waals surface area contributed by atoms with E-state index in [1.807, 2.05) is 0 Å². The number of halogens is 2. The highest BCUT2D eigenvalue weighted by Crippen LogP contribution is 2.67. The second kappa shape index (κ2) is 8.79. The molecular weight excluding hydrogens is 470 g/mol. The Kier molecular flexibility index (Phi) is 5.78. The van der Waals surface area contributed by atoms with Gasteiger partial charge in [0.1, 0.15) is 23.5 Å². The van der Waals surface area contributed by atoms with Crippen LogP contribution in [-0.4, -0.2) is 38.1 Å². The molecular formula is C25H20F2N6OS. The third-order valence-corrected chi connectivity index (χ3v) is 7.79. The number of amidine groups is 1. The molecule has 2 aliphatic rings. The van der Waals surface area contributed by atoms with Gasteiger partial charge in [-0.1, -0.05) is 23.7 Å². The number of thioether (sulfide) groups is 1. The maximum absolute atomic E-state index is 15.1. The molecule has 0 amide bonds. The summed E-state index contributed by atoms with van der Waals surface area (Å²) in [6.45, 7) is -0.833. The third-order valence-electron chi connectivity index (χ3n) is 6.49. The van der Waals surface area contributed by atoms with Crippen molar-refractivity contribution in [1.82, 2.24) is 15.0 Å². The number of ether oxygens (including phenoxy) is 1. The summed E-state index contributed by atoms with van der Waals surface area (Å²) in [5, 5.41) is 9.44. The van der Waals surface area contributed by atoms with Crippen molar-refractivity contribution in [3.05, 3.63) is 59.3 Å². The highest BCUT2D eigenvalue weighted by Gasteiger charge is 2.68. The Balaban J connectivity index is 1.51. The van der Waals surface area contributed by atoms with Crippen LogP contribution >= 0.6 is 11.8 Å². The van der Waals surface area contributed by atoms with E-state index in [-0.39, 0.29) is 29.7 Å². The molecule has 0 radical (unpaired) electrons. The predicted molar refractivity (Wildman–Crippen MR) is 129 cm³/mol. The summed E-state index contributed by atoms with van der Waals surface area (Å²) in [5.41, 5.74) is 7.20. The van der Waals surface area contributed by atoms with Crippen molar-refractivity contribution in [1.29, 1.82) is 5.26 Å². The lowest BCUT2D eigenvalue weighted by Gasteiger charge is -2.34. The van der Waals surface area contributed by atoms with Crippen LogP contribution in [0.15, 0.2) is 41.7 Å². The van der Waals surface area contributed by atoms with Crippen LogP contribution in [0.2, 0.25) is 0 Å². The highest BCUT2D eigenvalue weighted by atomic mass is 32.2. The molecule has 35 heavy (non-hydrogen) atoms. The Morgan fingerprint density at radius 2 is 2.17 bits per heavy atom. The number of pyridine rings is 1. The summed E-state index contributed by atoms with van der Waals surface area (Å²) in [7, 11) is 0. The van der Waals surface area contributed by atoms with Gasteiger partial charge in [-0.15, -0.1) is 6.42 Å². The van der Waals surface area contributed by atoms with E-state index < -0.39 is 22.8 Å². The molecule has 2 aromatic heterocycles. The van der Waals surface area contributed by atoms with Gasteiger partial charge in [0.2, 0.25) is 5.88 Å². The van der Waals surface area contributed by atoms with Gasteiger partial charge in [0, 0.05) is 28.8 Å². The molecule has 1 aliphatic heterocycles. The van der Waals surface area contributed by atoms with Crippen LogP contribution in [0.4, 0.5) is 8.78 Å². The van der Waals surface area contributed by atoms with Gasteiger partial charge < -0.3 is 10.5 Å². The molecule has 0 saturated heterocycles. The molecule has 1 fully saturated rings. The van der Waals surface area contributed by atoms with E-state index in [1.54, 1.807) is 24.4 Å². The quantitative estimate of drug-likeness (QED) is 0.503. The van der Waals surface area contributed by atoms with Crippen molar-refractivity contribution in [2.24, 2.45) is 16.6 Å². The van der Waals surface area contributed by atoms with E-state index in [1.165, 1.54) is 24.0 Å². The maximum Gasteiger partial charge on any atom is 0.233 e. The summed E-state index contributed by atoms with van der Waals surface area (Å²) in [4.78, 5) is 17.7. The second-order valence-corrected chi connectivity index (χ2v) is 10.0. The number of rotatable bonds is 7. The van der Waals surface area contributed by atoms with Crippen molar-refractivity contribution < 1.29 is 13.5 Å². The number of hydrogen-bond acceptors (Lipinski definition) is 8. The number of nitriles is 1. The molecule has 0 unspecified atom stereocenters. The SMILES string of the molecule is C#CCOc1cnc2c(Cc3ccc(F)c([C@@]4(CF)N=C(N)S[C@@]5(CC#N)C[C@H]54)c3)nccc2n1. The van der Waals surface area contributed by atoms with E-state index in [4.69, 9.17) is 16.9 Å². The van der Waals surface area contributed by atoms with Crippen molar-refractivity contribution in [3.8, 4) is 24.3 Å². The second-order valence-electron chi connectivity index (χ2n) is 8.58. The molecule has 1 saturated carbocycles. The minimum absolute atomic E-state index is 0.0783. The molecule has 7 nitrogen and oxygen atoms in total. The van der Waals surface area contributed by atoms with Crippen LogP contribution in [0, 0.1) is 35.4 Å². The standard InChI is InChI=1S/C25H20F2N6OS/c1-2-9-34-21-13-31-22-18(32-21)5-8-30-19(22)11-15-3-4-17(27)16(10-15)25(14-26)20-12-24(20,6-7-28)35-23(29)33-25/h1,3-5,8,10,13,20H,6,9,11-12,14H2,(H2,29,33)/t20-,24+,25-/m1/s1. The molecule has 1 aliphatic carbocycles. The van der Waals surface area contributed by atoms with Gasteiger partial charge >= 0.3 is 0 Å². The average molecular weight is 491 g/mol. The smallest absolute Gasteiger partial charge is 0.233 e. The van der Waals surface area contributed by atoms with Crippen LogP contribution < -0.4 is 10.5 Å². The van der Waals surface area contributed by atoms with E-state index >= 15 is 4.39 Å². The summed E-state index contributed by atoms with van der Waals surface area (Å²) in [6, 6.07) is 8.43. The predicted octanol–water partition coefficient (Wildman–Crippen LogP) is 3.67. The van der Waals surface area contributed by atoms with E-state index in [2.05, 4.69) is 31.9 Å². The van der Waals surface area contributed by atoms with Gasteiger partial charge in [0.25, 0.3) is 0 Å². The first-order valence-electron chi connectivity index (χ1n) is 10.9. The molecule has 3 aromatic rings. The van der Waals surface area contributed by atoms with Crippen LogP contribution in [0.3, 0.4) is 0 Å². The number of benzene rings is 1. The van der Waals surface area contributed by atoms with E-state index in [9.17, 15) is 9.65 Å². The largest absolute Gasteiger partial charge is 0.463 e. The fourth-order valence-electron chi connectivity index (χ4n) is 4.82. The summed E-state index contributed by atoms with van der Waals surface area (Å²) >= 11 is 1.29. The Labute approximate surface area is 204 Å². The average Bonchev–Trinajstić information content (AvgIpc) is 3.57. The van der Waals surface area contributed by atoms with Gasteiger partial charge in [-0.2, -0.15) is 5.26 Å². The lowest BCUT2D eigenvalue weighted by atomic mass is 9.83. The minimum Gasteiger partial charge on any atom is -0.463 e. The van der Waals surface area contributed by atoms with Gasteiger partial charge in [-0.3, -0.25) is 4.98 Å². The zero-order valence-electron chi connectivity index (χ0n) is 18.5. The number of alkyl halides is 1. The molecule has 0 spiro atoms. The van der Waals surface area contributed by atoms with E-state index in [0.29, 0.717) is 41.0 Å². The summed E-state index contributed by atoms with van der Waals surface area (Å²) in [6.07, 6.45) is 9.36. The van der Waals surface area contributed by atoms with Crippen LogP contribution in [-0.2, 0) is 12.0 Å². The lowest BCUT2D eigenvalue weighted by molar-refractivity contribution is 0.263. The molecule has 2 N–H and O–H groups in total. The molecule has 3 heterocycles. The normalized spacial score (nSPS) is 24.7. The zero-order valence-corrected chi connectivity index (χ0v) is 19.4. The Morgan fingerprint density at radius 1 is 1.31 bits per heavy atom. The molecule has 5 rings (SSSR count). The first-order valence-corrected chi connectivity index (χ1v) is 11.7. The molecule has 176 valence electrons. The summed E-state index contributed by atoms with van der Waals surface area (Å²) < 4.78 is 34.6. The van der Waals surface area contributed by atoms with Crippen molar-refractivity contribution in [3.63, 3.8) is 0 Å². The molecule has 1 aromatic carbocycles. The van der Waals surface area contributed by atoms with Crippen molar-refractivity contribution in [2.45, 2.75) is 29.5 Å². The maximum atomic E-state index is 15.1. The molecule has 3 atom stereocenters. The number of hydrogen-bond donors (Lipinski definition) is 1. The molecule has 0 bridgehead atoms. The highest BCUT2D eigenvalue weighted by molar-refractivity contribution is 8.15. The van der Waals surface area contributed by atoms with Crippen LogP contribution in [0.25, 0.3) is 11.0 Å². The van der Waals surface area contributed by atoms with Crippen molar-refractivity contribution in [2.75, 3.05) is 13.3 Å². The van der Waals surface area contributed by atoms with Gasteiger partial charge in [0.05, 0.1) is 29.9 Å². The number of nitrogens with zero attached hydrogens (tertiary/aromatic N) is 5. The van der Waals surface area contributed by atoms with Gasteiger partial charge in [0.15, 0.2) is 11.8 Å². The number of fused-ring (bicyclic) bond motifs is 2. The zero-order chi connectivity index (χ0) is 24.6. The first-order chi connectivity index (χ1) is 16.9. The number of terminal acetylenes is 1. The monoisotopic (exact) mass is 490 g/mol. The Bertz CT molecular complexity index is 1430. The van der Waals surface area contributed by atoms with Gasteiger partial charge in [-0.25, -0.2) is 23.7 Å². The summed E-state index contributed by atoms with van der Waals surface area (Å²) in [5.74, 6) is 1.80. The Hall–Kier alpha value is -3.76. The topological polar surface area (TPSA) is 110 Å². The number of aromatic nitrogens is 3. The fourth-order valence-corrected chi connectivity index (χ4v) is 6.17. The van der Waals surface area contributed by atoms with Crippen LogP contribution in [0.1, 0.15) is 29.7 Å². The lowest BCUT2D eigenvalue weighted by Crippen LogP contribution is -2.40. The number of aliphatic imine (C=N–C) groups is 1. The number of nitrogens with two attached hydrogens (primary N) is 1. The van der Waals surface area contributed by atoms with Gasteiger partial charge in [-0.05, 0) is 30.2 Å². The van der Waals surface area contributed by atoms with Crippen LogP contribution in [0.5, 0.6) is 5.88 Å². The van der Waals surface area contributed by atoms with Crippen molar-refractivity contribution >= 4 is 28.0 Å². The third kappa shape index (κ3) is 3.94. The minimum atomic E-state index is -1.46. The molecule has 10 heteroatoms. The Morgan fingerprint density at radius 3 is 2.94 bits per heavy atom. The first kappa shape index (κ1) is 23.0. The van der Waals surface area contributed by atoms with E-state index in [0.717, 1.165) is 0 Å². The fraction of sp³-hybridized carbons (Fsp3) is 0.320.